The minimum Gasteiger partial charge on any atom is -0.477 e. The Morgan fingerprint density at radius 1 is 1.47 bits per heavy atom. The van der Waals surface area contributed by atoms with Crippen LogP contribution < -0.4 is 0 Å². The minimum atomic E-state index is -0.947. The van der Waals surface area contributed by atoms with E-state index in [4.69, 9.17) is 9.94 Å². The van der Waals surface area contributed by atoms with E-state index in [0.29, 0.717) is 18.3 Å². The van der Waals surface area contributed by atoms with E-state index in [1.54, 1.807) is 0 Å². The van der Waals surface area contributed by atoms with Crippen molar-refractivity contribution in [2.45, 2.75) is 45.1 Å². The van der Waals surface area contributed by atoms with Crippen molar-refractivity contribution >= 4 is 11.7 Å². The Kier molecular flexibility index (Phi) is 2.44. The van der Waals surface area contributed by atoms with Gasteiger partial charge < -0.3 is 9.94 Å². The summed E-state index contributed by atoms with van der Waals surface area (Å²) >= 11 is 0. The molecule has 0 aromatic heterocycles. The van der Waals surface area contributed by atoms with E-state index in [2.05, 4.69) is 19.0 Å². The van der Waals surface area contributed by atoms with Crippen LogP contribution in [0.4, 0.5) is 0 Å². The number of rotatable bonds is 1. The zero-order valence-corrected chi connectivity index (χ0v) is 9.19. The molecule has 0 bridgehead atoms. The quantitative estimate of drug-likeness (QED) is 0.722. The van der Waals surface area contributed by atoms with Gasteiger partial charge >= 0.3 is 5.97 Å². The molecule has 0 amide bonds. The van der Waals surface area contributed by atoms with Crippen molar-refractivity contribution in [3.63, 3.8) is 0 Å². The number of aliphatic carboxylic acids is 1. The van der Waals surface area contributed by atoms with Crippen LogP contribution in [0.25, 0.3) is 0 Å². The molecule has 84 valence electrons. The van der Waals surface area contributed by atoms with Crippen molar-refractivity contribution in [3.05, 3.63) is 0 Å². The zero-order valence-electron chi connectivity index (χ0n) is 9.19. The molecule has 0 aromatic carbocycles. The van der Waals surface area contributed by atoms with E-state index < -0.39 is 5.97 Å². The van der Waals surface area contributed by atoms with E-state index in [0.717, 1.165) is 12.8 Å². The third kappa shape index (κ3) is 1.98. The number of oxime groups is 1. The third-order valence-electron chi connectivity index (χ3n) is 3.33. The van der Waals surface area contributed by atoms with E-state index in [9.17, 15) is 4.79 Å². The number of carbonyl (C=O) groups is 1. The van der Waals surface area contributed by atoms with Crippen molar-refractivity contribution in [1.82, 2.24) is 0 Å². The molecule has 1 aliphatic carbocycles. The number of hydrogen-bond donors (Lipinski definition) is 1. The van der Waals surface area contributed by atoms with Crippen molar-refractivity contribution in [3.8, 4) is 0 Å². The van der Waals surface area contributed by atoms with Crippen LogP contribution in [0, 0.1) is 11.8 Å². The van der Waals surface area contributed by atoms with Crippen LogP contribution in [0.5, 0.6) is 0 Å². The normalized spacial score (nSPS) is 40.0. The highest BCUT2D eigenvalue weighted by atomic mass is 16.7. The highest BCUT2D eigenvalue weighted by Crippen LogP contribution is 2.43. The molecule has 0 aromatic rings. The first-order chi connectivity index (χ1) is 7.01. The van der Waals surface area contributed by atoms with Gasteiger partial charge in [-0.25, -0.2) is 4.79 Å². The van der Waals surface area contributed by atoms with Gasteiger partial charge in [0.1, 0.15) is 5.60 Å². The largest absolute Gasteiger partial charge is 0.477 e. The summed E-state index contributed by atoms with van der Waals surface area (Å²) in [5.41, 5.74) is -0.138. The second-order valence-corrected chi connectivity index (χ2v) is 5.15. The molecule has 15 heavy (non-hydrogen) atoms. The van der Waals surface area contributed by atoms with Crippen LogP contribution in [0.15, 0.2) is 5.16 Å². The van der Waals surface area contributed by atoms with Crippen molar-refractivity contribution in [2.24, 2.45) is 17.0 Å². The molecule has 1 saturated carbocycles. The first-order valence-corrected chi connectivity index (χ1v) is 5.49. The maximum atomic E-state index is 10.8. The molecular formula is C11H17NO3. The van der Waals surface area contributed by atoms with Gasteiger partial charge in [-0.05, 0) is 31.1 Å². The average Bonchev–Trinajstić information content (AvgIpc) is 2.46. The van der Waals surface area contributed by atoms with Gasteiger partial charge in [-0.15, -0.1) is 0 Å². The summed E-state index contributed by atoms with van der Waals surface area (Å²) in [5, 5.41) is 12.5. The lowest BCUT2D eigenvalue weighted by Crippen LogP contribution is -2.38. The lowest BCUT2D eigenvalue weighted by Gasteiger charge is -2.37. The molecule has 2 rings (SSSR count). The molecule has 2 atom stereocenters. The first-order valence-electron chi connectivity index (χ1n) is 5.49. The maximum Gasteiger partial charge on any atom is 0.353 e. The molecule has 1 spiro atoms. The van der Waals surface area contributed by atoms with Crippen LogP contribution in [0.3, 0.4) is 0 Å². The molecule has 2 aliphatic rings. The summed E-state index contributed by atoms with van der Waals surface area (Å²) in [7, 11) is 0. The van der Waals surface area contributed by atoms with Gasteiger partial charge in [0.2, 0.25) is 0 Å². The monoisotopic (exact) mass is 211 g/mol. The summed E-state index contributed by atoms with van der Waals surface area (Å²) < 4.78 is 0. The molecule has 0 saturated heterocycles. The topological polar surface area (TPSA) is 58.9 Å². The number of carboxylic acids is 1. The van der Waals surface area contributed by atoms with Crippen molar-refractivity contribution in [2.75, 3.05) is 0 Å². The van der Waals surface area contributed by atoms with Crippen molar-refractivity contribution < 1.29 is 14.7 Å². The molecule has 1 fully saturated rings. The van der Waals surface area contributed by atoms with Gasteiger partial charge in [0.05, 0.1) is 0 Å². The zero-order chi connectivity index (χ0) is 11.1. The van der Waals surface area contributed by atoms with Gasteiger partial charge in [-0.2, -0.15) is 0 Å². The Balaban J connectivity index is 2.08. The predicted molar refractivity (Wildman–Crippen MR) is 55.7 cm³/mol. The summed E-state index contributed by atoms with van der Waals surface area (Å²) in [5.74, 6) is 0.243. The summed E-state index contributed by atoms with van der Waals surface area (Å²) in [6.45, 7) is 4.39. The summed E-state index contributed by atoms with van der Waals surface area (Å²) in [6.07, 6.45) is 3.53. The smallest absolute Gasteiger partial charge is 0.353 e. The molecule has 2 unspecified atom stereocenters. The SMILES string of the molecule is CC1CC(C)CC2(CC(C(=O)O)=NO2)C1. The Morgan fingerprint density at radius 3 is 2.53 bits per heavy atom. The molecule has 4 heteroatoms. The Bertz CT molecular complexity index is 301. The van der Waals surface area contributed by atoms with Gasteiger partial charge in [-0.3, -0.25) is 0 Å². The molecule has 0 radical (unpaired) electrons. The maximum absolute atomic E-state index is 10.8. The number of nitrogens with zero attached hydrogens (tertiary/aromatic N) is 1. The third-order valence-corrected chi connectivity index (χ3v) is 3.33. The molecule has 4 nitrogen and oxygen atoms in total. The van der Waals surface area contributed by atoms with Crippen LogP contribution in [0.2, 0.25) is 0 Å². The molecule has 1 heterocycles. The number of carboxylic acid groups (broad SMARTS) is 1. The van der Waals surface area contributed by atoms with Crippen LogP contribution in [0.1, 0.15) is 39.5 Å². The van der Waals surface area contributed by atoms with Crippen LogP contribution in [-0.2, 0) is 9.63 Å². The van der Waals surface area contributed by atoms with Gasteiger partial charge in [-0.1, -0.05) is 19.0 Å². The fraction of sp³-hybridized carbons (Fsp3) is 0.818. The van der Waals surface area contributed by atoms with Crippen molar-refractivity contribution in [1.29, 1.82) is 0 Å². The van der Waals surface area contributed by atoms with E-state index in [1.807, 2.05) is 0 Å². The van der Waals surface area contributed by atoms with Crippen LogP contribution in [-0.4, -0.2) is 22.4 Å². The van der Waals surface area contributed by atoms with Gasteiger partial charge in [0.15, 0.2) is 5.71 Å². The highest BCUT2D eigenvalue weighted by Gasteiger charge is 2.45. The Morgan fingerprint density at radius 2 is 2.07 bits per heavy atom. The fourth-order valence-corrected chi connectivity index (χ4v) is 3.06. The lowest BCUT2D eigenvalue weighted by atomic mass is 9.72. The second-order valence-electron chi connectivity index (χ2n) is 5.15. The Hall–Kier alpha value is -1.06. The average molecular weight is 211 g/mol. The van der Waals surface area contributed by atoms with E-state index in [1.165, 1.54) is 6.42 Å². The van der Waals surface area contributed by atoms with E-state index in [-0.39, 0.29) is 11.3 Å². The highest BCUT2D eigenvalue weighted by molar-refractivity contribution is 6.36. The van der Waals surface area contributed by atoms with Gasteiger partial charge in [0.25, 0.3) is 0 Å². The van der Waals surface area contributed by atoms with E-state index >= 15 is 0 Å². The predicted octanol–water partition coefficient (Wildman–Crippen LogP) is 2.04. The molecule has 1 N–H and O–H groups in total. The molecule has 1 aliphatic heterocycles. The van der Waals surface area contributed by atoms with Gasteiger partial charge in [0, 0.05) is 6.42 Å². The Labute approximate surface area is 89.3 Å². The minimum absolute atomic E-state index is 0.177. The summed E-state index contributed by atoms with van der Waals surface area (Å²) in [4.78, 5) is 16.2. The van der Waals surface area contributed by atoms with Crippen LogP contribution >= 0.6 is 0 Å². The summed E-state index contributed by atoms with van der Waals surface area (Å²) in [6, 6.07) is 0. The first kappa shape index (κ1) is 10.5. The fourth-order valence-electron chi connectivity index (χ4n) is 3.06. The lowest BCUT2D eigenvalue weighted by molar-refractivity contribution is -0.129. The standard InChI is InChI=1S/C11H17NO3/c1-7-3-8(2)5-11(4-7)6-9(10(13)14)12-15-11/h7-8H,3-6H2,1-2H3,(H,13,14). The molecular weight excluding hydrogens is 194 g/mol. The second kappa shape index (κ2) is 3.51. The number of hydrogen-bond acceptors (Lipinski definition) is 3.